The number of hydrogen-bond acceptors (Lipinski definition) is 2. The lowest BCUT2D eigenvalue weighted by molar-refractivity contribution is -0.120. The predicted octanol–water partition coefficient (Wildman–Crippen LogP) is 4.47. The van der Waals surface area contributed by atoms with Crippen LogP contribution in [0.2, 0.25) is 10.0 Å². The van der Waals surface area contributed by atoms with Gasteiger partial charge in [0, 0.05) is 12.7 Å². The molecule has 0 aliphatic carbocycles. The third kappa shape index (κ3) is 5.10. The third-order valence-corrected chi connectivity index (χ3v) is 4.71. The molecule has 134 valence electrons. The van der Waals surface area contributed by atoms with E-state index in [2.05, 4.69) is 10.4 Å². The summed E-state index contributed by atoms with van der Waals surface area (Å²) in [5, 5.41) is 8.36. The molecular weight excluding hydrogens is 369 g/mol. The number of carbonyl (C=O) groups is 1. The van der Waals surface area contributed by atoms with Gasteiger partial charge in [0.2, 0.25) is 5.91 Å². The van der Waals surface area contributed by atoms with Gasteiger partial charge in [-0.3, -0.25) is 4.79 Å². The van der Waals surface area contributed by atoms with Crippen molar-refractivity contribution >= 4 is 29.1 Å². The van der Waals surface area contributed by atoms with Gasteiger partial charge < -0.3 is 5.32 Å². The number of nitrogens with one attached hydrogen (secondary N) is 1. The number of aromatic nitrogens is 2. The Labute approximate surface area is 162 Å². The molecule has 6 heteroatoms. The van der Waals surface area contributed by atoms with Gasteiger partial charge in [0.25, 0.3) is 0 Å². The second-order valence-corrected chi connectivity index (χ2v) is 6.82. The number of rotatable bonds is 7. The van der Waals surface area contributed by atoms with Crippen molar-refractivity contribution in [2.45, 2.75) is 19.3 Å². The van der Waals surface area contributed by atoms with Gasteiger partial charge in [0.1, 0.15) is 0 Å². The van der Waals surface area contributed by atoms with E-state index in [9.17, 15) is 4.79 Å². The molecule has 2 aromatic carbocycles. The number of aryl methyl sites for hydroxylation is 1. The molecule has 26 heavy (non-hydrogen) atoms. The second kappa shape index (κ2) is 8.88. The molecule has 0 radical (unpaired) electrons. The first-order valence-electron chi connectivity index (χ1n) is 8.41. The minimum Gasteiger partial charge on any atom is -0.356 e. The van der Waals surface area contributed by atoms with Crippen molar-refractivity contribution in [3.05, 3.63) is 82.1 Å². The molecule has 1 heterocycles. The second-order valence-electron chi connectivity index (χ2n) is 6.01. The minimum atomic E-state index is -0.00764. The molecule has 0 atom stereocenters. The first kappa shape index (κ1) is 18.5. The van der Waals surface area contributed by atoms with Gasteiger partial charge in [-0.25, -0.2) is 4.68 Å². The van der Waals surface area contributed by atoms with E-state index >= 15 is 0 Å². The summed E-state index contributed by atoms with van der Waals surface area (Å²) in [6, 6.07) is 15.4. The van der Waals surface area contributed by atoms with Crippen LogP contribution < -0.4 is 5.32 Å². The lowest BCUT2D eigenvalue weighted by Crippen LogP contribution is -2.26. The third-order valence-electron chi connectivity index (χ3n) is 3.97. The van der Waals surface area contributed by atoms with Gasteiger partial charge in [-0.05, 0) is 48.2 Å². The summed E-state index contributed by atoms with van der Waals surface area (Å²) < 4.78 is 1.77. The molecule has 0 saturated heterocycles. The highest BCUT2D eigenvalue weighted by molar-refractivity contribution is 6.42. The molecule has 4 nitrogen and oxygen atoms in total. The van der Waals surface area contributed by atoms with Gasteiger partial charge >= 0.3 is 0 Å². The number of nitrogens with zero attached hydrogens (tertiary/aromatic N) is 2. The predicted molar refractivity (Wildman–Crippen MR) is 105 cm³/mol. The van der Waals surface area contributed by atoms with Crippen molar-refractivity contribution in [2.75, 3.05) is 6.54 Å². The fraction of sp³-hybridized carbons (Fsp3) is 0.200. The maximum atomic E-state index is 12.1. The number of halogens is 2. The van der Waals surface area contributed by atoms with Crippen LogP contribution in [0.5, 0.6) is 0 Å². The zero-order valence-electron chi connectivity index (χ0n) is 14.2. The normalized spacial score (nSPS) is 10.7. The Bertz CT molecular complexity index is 878. The van der Waals surface area contributed by atoms with Crippen molar-refractivity contribution in [1.82, 2.24) is 15.1 Å². The Morgan fingerprint density at radius 3 is 2.62 bits per heavy atom. The van der Waals surface area contributed by atoms with Crippen LogP contribution in [0.4, 0.5) is 0 Å². The van der Waals surface area contributed by atoms with E-state index in [0.717, 1.165) is 29.7 Å². The topological polar surface area (TPSA) is 46.9 Å². The number of hydrogen-bond donors (Lipinski definition) is 1. The van der Waals surface area contributed by atoms with Crippen LogP contribution in [-0.2, 0) is 17.6 Å². The van der Waals surface area contributed by atoms with Gasteiger partial charge in [0.15, 0.2) is 0 Å². The van der Waals surface area contributed by atoms with Crippen molar-refractivity contribution in [1.29, 1.82) is 0 Å². The molecule has 0 unspecified atom stereocenters. The van der Waals surface area contributed by atoms with Crippen molar-refractivity contribution in [2.24, 2.45) is 0 Å². The molecule has 3 rings (SSSR count). The van der Waals surface area contributed by atoms with E-state index in [1.165, 1.54) is 0 Å². The summed E-state index contributed by atoms with van der Waals surface area (Å²) in [5.41, 5.74) is 2.97. The Kier molecular flexibility index (Phi) is 6.31. The van der Waals surface area contributed by atoms with Crippen LogP contribution in [0.1, 0.15) is 17.5 Å². The van der Waals surface area contributed by atoms with Crippen LogP contribution in [0.25, 0.3) is 5.69 Å². The van der Waals surface area contributed by atoms with Crippen LogP contribution in [0.15, 0.2) is 60.9 Å². The zero-order valence-corrected chi connectivity index (χ0v) is 15.7. The molecule has 0 aliphatic heterocycles. The molecule has 0 saturated carbocycles. The maximum absolute atomic E-state index is 12.1. The average molecular weight is 388 g/mol. The summed E-state index contributed by atoms with van der Waals surface area (Å²) in [4.78, 5) is 12.1. The van der Waals surface area contributed by atoms with Crippen molar-refractivity contribution in [3.8, 4) is 5.69 Å². The quantitative estimate of drug-likeness (QED) is 0.607. The first-order valence-corrected chi connectivity index (χ1v) is 9.17. The number of benzene rings is 2. The Hall–Kier alpha value is -2.30. The largest absolute Gasteiger partial charge is 0.356 e. The maximum Gasteiger partial charge on any atom is 0.224 e. The molecule has 1 N–H and O–H groups in total. The van der Waals surface area contributed by atoms with E-state index in [1.807, 2.05) is 48.7 Å². The van der Waals surface area contributed by atoms with Gasteiger partial charge in [-0.2, -0.15) is 5.10 Å². The van der Waals surface area contributed by atoms with E-state index in [1.54, 1.807) is 16.9 Å². The number of amides is 1. The lowest BCUT2D eigenvalue weighted by Gasteiger charge is -2.05. The zero-order chi connectivity index (χ0) is 18.4. The highest BCUT2D eigenvalue weighted by atomic mass is 35.5. The molecule has 1 amide bonds. The van der Waals surface area contributed by atoms with Crippen LogP contribution >= 0.6 is 23.2 Å². The van der Waals surface area contributed by atoms with E-state index < -0.39 is 0 Å². The summed E-state index contributed by atoms with van der Waals surface area (Å²) >= 11 is 11.9. The Morgan fingerprint density at radius 1 is 1.04 bits per heavy atom. The van der Waals surface area contributed by atoms with Gasteiger partial charge in [-0.1, -0.05) is 47.5 Å². The molecule has 1 aromatic heterocycles. The highest BCUT2D eigenvalue weighted by Gasteiger charge is 2.07. The van der Waals surface area contributed by atoms with Crippen LogP contribution in [0, 0.1) is 0 Å². The fourth-order valence-electron chi connectivity index (χ4n) is 2.64. The average Bonchev–Trinajstić information content (AvgIpc) is 3.11. The monoisotopic (exact) mass is 387 g/mol. The van der Waals surface area contributed by atoms with Gasteiger partial charge in [0.05, 0.1) is 28.4 Å². The molecule has 0 spiro atoms. The highest BCUT2D eigenvalue weighted by Crippen LogP contribution is 2.23. The van der Waals surface area contributed by atoms with E-state index in [-0.39, 0.29) is 5.91 Å². The lowest BCUT2D eigenvalue weighted by atomic mass is 10.1. The van der Waals surface area contributed by atoms with E-state index in [0.29, 0.717) is 23.0 Å². The van der Waals surface area contributed by atoms with Crippen molar-refractivity contribution < 1.29 is 4.79 Å². The SMILES string of the molecule is O=C(Cc1cnn(-c2ccccc2)c1)NCCCc1ccc(Cl)c(Cl)c1. The number of carbonyl (C=O) groups excluding carboxylic acids is 1. The van der Waals surface area contributed by atoms with Gasteiger partial charge in [-0.15, -0.1) is 0 Å². The summed E-state index contributed by atoms with van der Waals surface area (Å²) in [6.07, 6.45) is 5.60. The van der Waals surface area contributed by atoms with E-state index in [4.69, 9.17) is 23.2 Å². The Morgan fingerprint density at radius 2 is 1.85 bits per heavy atom. The van der Waals surface area contributed by atoms with Crippen LogP contribution in [0.3, 0.4) is 0 Å². The van der Waals surface area contributed by atoms with Crippen molar-refractivity contribution in [3.63, 3.8) is 0 Å². The summed E-state index contributed by atoms with van der Waals surface area (Å²) in [5.74, 6) is -0.00764. The summed E-state index contributed by atoms with van der Waals surface area (Å²) in [7, 11) is 0. The van der Waals surface area contributed by atoms with Crippen LogP contribution in [-0.4, -0.2) is 22.2 Å². The fourth-order valence-corrected chi connectivity index (χ4v) is 2.96. The minimum absolute atomic E-state index is 0.00764. The molecule has 0 fully saturated rings. The first-order chi connectivity index (χ1) is 12.6. The smallest absolute Gasteiger partial charge is 0.224 e. The number of para-hydroxylation sites is 1. The summed E-state index contributed by atoms with van der Waals surface area (Å²) in [6.45, 7) is 0.617. The molecule has 0 aliphatic rings. The standard InChI is InChI=1S/C20H19Cl2N3O/c21-18-9-8-15(11-19(18)22)5-4-10-23-20(26)12-16-13-24-25(14-16)17-6-2-1-3-7-17/h1-3,6-9,11,13-14H,4-5,10,12H2,(H,23,26). The molecule has 3 aromatic rings. The molecule has 0 bridgehead atoms. The Balaban J connectivity index is 1.43. The molecular formula is C20H19Cl2N3O.